The fourth-order valence-electron chi connectivity index (χ4n) is 2.93. The molecule has 1 saturated heterocycles. The van der Waals surface area contributed by atoms with Gasteiger partial charge in [0.2, 0.25) is 0 Å². The molecule has 0 radical (unpaired) electrons. The van der Waals surface area contributed by atoms with Crippen molar-refractivity contribution in [1.82, 2.24) is 9.30 Å². The Morgan fingerprint density at radius 3 is 2.56 bits per heavy atom. The Kier molecular flexibility index (Phi) is 3.98. The molecule has 0 spiro atoms. The first-order valence-electron chi connectivity index (χ1n) is 7.32. The molecule has 2 aromatic rings. The van der Waals surface area contributed by atoms with Crippen LogP contribution in [-0.4, -0.2) is 40.3 Å². The van der Waals surface area contributed by atoms with E-state index in [-0.39, 0.29) is 22.8 Å². The summed E-state index contributed by atoms with van der Waals surface area (Å²) in [5.41, 5.74) is 1.71. The molecule has 11 heteroatoms. The summed E-state index contributed by atoms with van der Waals surface area (Å²) in [5, 5.41) is 8.74. The molecule has 0 amide bonds. The first-order chi connectivity index (χ1) is 11.7. The molecule has 1 atom stereocenters. The van der Waals surface area contributed by atoms with Gasteiger partial charge in [-0.1, -0.05) is 4.73 Å². The van der Waals surface area contributed by atoms with E-state index in [1.54, 1.807) is 0 Å². The largest absolute Gasteiger partial charge is 0.421 e. The summed E-state index contributed by atoms with van der Waals surface area (Å²) in [4.78, 5) is 25.3. The second-order valence-electron chi connectivity index (χ2n) is 5.85. The number of nitrogens with zero attached hydrogens (tertiary/aromatic N) is 3. The van der Waals surface area contributed by atoms with Gasteiger partial charge in [-0.3, -0.25) is 4.79 Å². The average Bonchev–Trinajstić information content (AvgIpc) is 2.99. The summed E-state index contributed by atoms with van der Waals surface area (Å²) >= 11 is 0. The van der Waals surface area contributed by atoms with Gasteiger partial charge in [-0.25, -0.2) is 18.1 Å². The van der Waals surface area contributed by atoms with Crippen molar-refractivity contribution in [3.05, 3.63) is 38.8 Å². The molecule has 25 heavy (non-hydrogen) atoms. The average molecular weight is 362 g/mol. The Morgan fingerprint density at radius 1 is 1.32 bits per heavy atom. The number of rotatable bonds is 3. The molecule has 1 aliphatic rings. The predicted molar refractivity (Wildman–Crippen MR) is 80.6 cm³/mol. The van der Waals surface area contributed by atoms with Crippen LogP contribution >= 0.6 is 0 Å². The van der Waals surface area contributed by atoms with E-state index in [2.05, 4.69) is 0 Å². The smallest absolute Gasteiger partial charge is 0.369 e. The van der Waals surface area contributed by atoms with E-state index in [1.165, 1.54) is 4.90 Å². The Balaban J connectivity index is 2.38. The van der Waals surface area contributed by atoms with Gasteiger partial charge in [-0.05, 0) is 18.6 Å². The Bertz CT molecular complexity index is 956. The molecule has 2 heterocycles. The molecule has 3 rings (SSSR count). The van der Waals surface area contributed by atoms with Crippen molar-refractivity contribution < 1.29 is 22.8 Å². The molecule has 0 saturated carbocycles. The van der Waals surface area contributed by atoms with Crippen LogP contribution in [0.5, 0.6) is 0 Å². The lowest BCUT2D eigenvalue weighted by Gasteiger charge is -2.22. The lowest BCUT2D eigenvalue weighted by atomic mass is 10.2. The van der Waals surface area contributed by atoms with Gasteiger partial charge in [-0.15, -0.1) is 0 Å². The Morgan fingerprint density at radius 2 is 2.00 bits per heavy atom. The minimum Gasteiger partial charge on any atom is -0.421 e. The van der Waals surface area contributed by atoms with Crippen LogP contribution < -0.4 is 21.9 Å². The first-order valence-corrected chi connectivity index (χ1v) is 7.32. The van der Waals surface area contributed by atoms with Gasteiger partial charge in [0.1, 0.15) is 5.82 Å². The van der Waals surface area contributed by atoms with E-state index < -0.39 is 45.4 Å². The third kappa shape index (κ3) is 2.64. The minimum atomic E-state index is -4.33. The summed E-state index contributed by atoms with van der Waals surface area (Å²) in [6.07, 6.45) is 0.545. The number of aromatic nitrogens is 2. The number of fused-ring (bicyclic) bond motifs is 1. The van der Waals surface area contributed by atoms with Gasteiger partial charge in [0.05, 0.1) is 16.6 Å². The highest BCUT2D eigenvalue weighted by atomic mass is 19.3. The van der Waals surface area contributed by atoms with Gasteiger partial charge in [-0.2, -0.15) is 8.78 Å². The Hall–Kier alpha value is -2.56. The first kappa shape index (κ1) is 17.3. The molecule has 136 valence electrons. The summed E-state index contributed by atoms with van der Waals surface area (Å²) in [6.45, 7) is -1.64. The lowest BCUT2D eigenvalue weighted by molar-refractivity contribution is -0.103. The lowest BCUT2D eigenvalue weighted by Crippen LogP contribution is -2.45. The van der Waals surface area contributed by atoms with Gasteiger partial charge >= 0.3 is 11.7 Å². The van der Waals surface area contributed by atoms with Gasteiger partial charge in [0.25, 0.3) is 5.56 Å². The third-order valence-corrected chi connectivity index (χ3v) is 4.15. The van der Waals surface area contributed by atoms with E-state index in [4.69, 9.17) is 5.73 Å². The van der Waals surface area contributed by atoms with Crippen molar-refractivity contribution in [2.75, 3.05) is 24.7 Å². The molecular formula is C14H14F4N4O3. The summed E-state index contributed by atoms with van der Waals surface area (Å²) in [6, 6.07) is -3.07. The fraction of sp³-hybridized carbons (Fsp3) is 0.429. The van der Waals surface area contributed by atoms with E-state index in [0.717, 1.165) is 6.07 Å². The van der Waals surface area contributed by atoms with Crippen LogP contribution in [0.1, 0.15) is 6.42 Å². The summed E-state index contributed by atoms with van der Waals surface area (Å²) in [7, 11) is 0. The minimum absolute atomic E-state index is 0.140. The van der Waals surface area contributed by atoms with Crippen molar-refractivity contribution >= 4 is 16.6 Å². The third-order valence-electron chi connectivity index (χ3n) is 4.15. The highest BCUT2D eigenvalue weighted by Gasteiger charge is 2.36. The number of benzene rings is 1. The molecule has 1 aromatic carbocycles. The van der Waals surface area contributed by atoms with Crippen LogP contribution in [0.3, 0.4) is 0 Å². The quantitative estimate of drug-likeness (QED) is 0.616. The van der Waals surface area contributed by atoms with Crippen molar-refractivity contribution in [2.24, 2.45) is 5.73 Å². The molecule has 1 aliphatic heterocycles. The second kappa shape index (κ2) is 5.76. The maximum Gasteiger partial charge on any atom is 0.369 e. The highest BCUT2D eigenvalue weighted by Crippen LogP contribution is 2.30. The number of hydrogen-bond acceptors (Lipinski definition) is 5. The monoisotopic (exact) mass is 362 g/mol. The molecule has 0 bridgehead atoms. The maximum absolute atomic E-state index is 14.4. The van der Waals surface area contributed by atoms with Crippen molar-refractivity contribution in [2.45, 2.75) is 18.5 Å². The zero-order valence-electron chi connectivity index (χ0n) is 12.8. The molecule has 3 N–H and O–H groups in total. The number of hydrogen-bond donors (Lipinski definition) is 2. The van der Waals surface area contributed by atoms with Crippen LogP contribution in [0.2, 0.25) is 0 Å². The van der Waals surface area contributed by atoms with Gasteiger partial charge in [0.15, 0.2) is 6.67 Å². The molecule has 1 fully saturated rings. The second-order valence-corrected chi connectivity index (χ2v) is 5.85. The van der Waals surface area contributed by atoms with Crippen molar-refractivity contribution in [3.63, 3.8) is 0 Å². The van der Waals surface area contributed by atoms with Crippen molar-refractivity contribution in [3.8, 4) is 0 Å². The highest BCUT2D eigenvalue weighted by molar-refractivity contribution is 5.82. The predicted octanol–water partition coefficient (Wildman–Crippen LogP) is 0.596. The van der Waals surface area contributed by atoms with Crippen LogP contribution in [-0.2, 0) is 6.05 Å². The molecular weight excluding hydrogens is 348 g/mol. The molecule has 1 unspecified atom stereocenters. The van der Waals surface area contributed by atoms with Crippen LogP contribution in [0, 0.1) is 5.82 Å². The van der Waals surface area contributed by atoms with E-state index >= 15 is 0 Å². The molecule has 7 nitrogen and oxygen atoms in total. The van der Waals surface area contributed by atoms with Crippen LogP contribution in [0.15, 0.2) is 21.7 Å². The maximum atomic E-state index is 14.4. The van der Waals surface area contributed by atoms with Crippen LogP contribution in [0.25, 0.3) is 10.9 Å². The SMILES string of the molecule is NC1CCN(c2cc3c(cc2F)c(=O)n(O)c(=O)n3C(F)(F)CF)C1. The van der Waals surface area contributed by atoms with E-state index in [9.17, 15) is 32.4 Å². The zero-order chi connectivity index (χ0) is 18.5. The zero-order valence-corrected chi connectivity index (χ0v) is 12.8. The number of alkyl halides is 3. The number of nitrogens with two attached hydrogens (primary N) is 1. The van der Waals surface area contributed by atoms with E-state index in [0.29, 0.717) is 19.0 Å². The normalized spacial score (nSPS) is 18.3. The van der Waals surface area contributed by atoms with Crippen LogP contribution in [0.4, 0.5) is 23.2 Å². The summed E-state index contributed by atoms with van der Waals surface area (Å²) < 4.78 is 53.9. The van der Waals surface area contributed by atoms with Gasteiger partial charge in [0, 0.05) is 19.1 Å². The molecule has 1 aromatic heterocycles. The summed E-state index contributed by atoms with van der Waals surface area (Å²) in [5.74, 6) is -0.910. The number of halogens is 4. The topological polar surface area (TPSA) is 93.5 Å². The van der Waals surface area contributed by atoms with Gasteiger partial charge < -0.3 is 15.8 Å². The Labute approximate surface area is 137 Å². The van der Waals surface area contributed by atoms with E-state index in [1.807, 2.05) is 0 Å². The van der Waals surface area contributed by atoms with Crippen molar-refractivity contribution in [1.29, 1.82) is 0 Å². The molecule has 0 aliphatic carbocycles. The standard InChI is InChI=1S/C14H14F4N4O3/c15-6-14(17,18)21-10-4-11(20-2-1-7(19)5-20)9(16)3-8(10)12(23)22(25)13(21)24/h3-4,7,25H,1-2,5-6,19H2. The number of anilines is 1. The fourth-order valence-corrected chi connectivity index (χ4v) is 2.93.